The molecule has 0 radical (unpaired) electrons. The average Bonchev–Trinajstić information content (AvgIpc) is 2.73. The molecule has 0 aliphatic heterocycles. The second kappa shape index (κ2) is 10.4. The summed E-state index contributed by atoms with van der Waals surface area (Å²) in [6.07, 6.45) is 1.07. The molecule has 0 aromatic heterocycles. The molecule has 5 nitrogen and oxygen atoms in total. The van der Waals surface area contributed by atoms with Crippen LogP contribution in [0.5, 0.6) is 5.75 Å². The molecule has 0 unspecified atom stereocenters. The maximum absolute atomic E-state index is 12.2. The summed E-state index contributed by atoms with van der Waals surface area (Å²) in [6, 6.07) is 24.2. The number of halogens is 1. The molecule has 3 aromatic rings. The minimum absolute atomic E-state index is 0.0732. The number of hydrogen-bond donors (Lipinski definition) is 2. The van der Waals surface area contributed by atoms with Crippen molar-refractivity contribution in [1.82, 2.24) is 0 Å². The van der Waals surface area contributed by atoms with E-state index >= 15 is 0 Å². The summed E-state index contributed by atoms with van der Waals surface area (Å²) in [5, 5.41) is 5.63. The summed E-state index contributed by atoms with van der Waals surface area (Å²) in [5.41, 5.74) is 2.35. The number of anilines is 2. The molecular formula is C23H21BrN2O3. The Morgan fingerprint density at radius 2 is 1.45 bits per heavy atom. The van der Waals surface area contributed by atoms with Crippen molar-refractivity contribution in [3.05, 3.63) is 88.9 Å². The van der Waals surface area contributed by atoms with Crippen molar-refractivity contribution in [3.8, 4) is 5.75 Å². The fraction of sp³-hybridized carbons (Fsp3) is 0.130. The van der Waals surface area contributed by atoms with Gasteiger partial charge in [-0.2, -0.15) is 0 Å². The first-order valence-corrected chi connectivity index (χ1v) is 10.00. The summed E-state index contributed by atoms with van der Waals surface area (Å²) in [4.78, 5) is 24.3. The van der Waals surface area contributed by atoms with Gasteiger partial charge in [-0.15, -0.1) is 0 Å². The third-order valence-electron chi connectivity index (χ3n) is 4.10. The molecule has 148 valence electrons. The minimum atomic E-state index is -0.277. The van der Waals surface area contributed by atoms with Gasteiger partial charge >= 0.3 is 0 Å². The lowest BCUT2D eigenvalue weighted by atomic mass is 10.1. The first-order chi connectivity index (χ1) is 14.1. The van der Waals surface area contributed by atoms with E-state index < -0.39 is 0 Å². The monoisotopic (exact) mass is 452 g/mol. The Hall–Kier alpha value is -3.12. The van der Waals surface area contributed by atoms with Gasteiger partial charge in [0.1, 0.15) is 5.75 Å². The summed E-state index contributed by atoms with van der Waals surface area (Å²) in [5.74, 6) is 0.263. The molecule has 3 aromatic carbocycles. The van der Waals surface area contributed by atoms with Crippen LogP contribution >= 0.6 is 15.9 Å². The van der Waals surface area contributed by atoms with Crippen LogP contribution in [0.4, 0.5) is 11.4 Å². The lowest BCUT2D eigenvalue weighted by Crippen LogP contribution is -2.20. The first-order valence-electron chi connectivity index (χ1n) is 9.20. The molecule has 2 amide bonds. The third-order valence-corrected chi connectivity index (χ3v) is 4.63. The van der Waals surface area contributed by atoms with Crippen LogP contribution in [0.1, 0.15) is 12.0 Å². The fourth-order valence-electron chi connectivity index (χ4n) is 2.68. The minimum Gasteiger partial charge on any atom is -0.484 e. The molecule has 0 aliphatic carbocycles. The molecule has 29 heavy (non-hydrogen) atoms. The number of nitrogens with one attached hydrogen (secondary N) is 2. The highest BCUT2D eigenvalue weighted by atomic mass is 79.9. The van der Waals surface area contributed by atoms with Gasteiger partial charge in [-0.05, 0) is 54.4 Å². The van der Waals surface area contributed by atoms with E-state index in [1.165, 1.54) is 0 Å². The van der Waals surface area contributed by atoms with Gasteiger partial charge in [-0.25, -0.2) is 0 Å². The Kier molecular flexibility index (Phi) is 7.41. The van der Waals surface area contributed by atoms with Crippen molar-refractivity contribution in [2.45, 2.75) is 12.8 Å². The van der Waals surface area contributed by atoms with Gasteiger partial charge < -0.3 is 15.4 Å². The number of hydrogen-bond acceptors (Lipinski definition) is 3. The number of benzene rings is 3. The standard InChI is InChI=1S/C23H21BrN2O3/c24-18-10-12-21(13-11-18)29-16-23(28)26-20-8-4-7-19(15-20)25-22(27)14-9-17-5-2-1-3-6-17/h1-8,10-13,15H,9,14,16H2,(H,25,27)(H,26,28). The maximum atomic E-state index is 12.2. The van der Waals surface area contributed by atoms with E-state index in [9.17, 15) is 9.59 Å². The van der Waals surface area contributed by atoms with Crippen LogP contribution < -0.4 is 15.4 Å². The molecule has 0 fully saturated rings. The van der Waals surface area contributed by atoms with E-state index in [1.807, 2.05) is 42.5 Å². The van der Waals surface area contributed by atoms with E-state index in [2.05, 4.69) is 26.6 Å². The van der Waals surface area contributed by atoms with Gasteiger partial charge in [0.25, 0.3) is 5.91 Å². The van der Waals surface area contributed by atoms with Crippen LogP contribution in [0.3, 0.4) is 0 Å². The normalized spacial score (nSPS) is 10.2. The summed E-state index contributed by atoms with van der Waals surface area (Å²) < 4.78 is 6.40. The van der Waals surface area contributed by atoms with Gasteiger partial charge in [0, 0.05) is 22.3 Å². The van der Waals surface area contributed by atoms with Gasteiger partial charge in [-0.3, -0.25) is 9.59 Å². The van der Waals surface area contributed by atoms with Crippen LogP contribution in [0.2, 0.25) is 0 Å². The van der Waals surface area contributed by atoms with E-state index in [1.54, 1.807) is 36.4 Å². The SMILES string of the molecule is O=C(CCc1ccccc1)Nc1cccc(NC(=O)COc2ccc(Br)cc2)c1. The van der Waals surface area contributed by atoms with Crippen LogP contribution in [0.15, 0.2) is 83.3 Å². The smallest absolute Gasteiger partial charge is 0.262 e. The Labute approximate surface area is 178 Å². The van der Waals surface area contributed by atoms with E-state index in [0.717, 1.165) is 10.0 Å². The van der Waals surface area contributed by atoms with Crippen molar-refractivity contribution in [3.63, 3.8) is 0 Å². The Bertz CT molecular complexity index is 959. The van der Waals surface area contributed by atoms with Gasteiger partial charge in [-0.1, -0.05) is 52.3 Å². The van der Waals surface area contributed by atoms with Crippen molar-refractivity contribution in [1.29, 1.82) is 0 Å². The molecule has 0 spiro atoms. The lowest BCUT2D eigenvalue weighted by Gasteiger charge is -2.10. The van der Waals surface area contributed by atoms with Gasteiger partial charge in [0.05, 0.1) is 0 Å². The molecule has 2 N–H and O–H groups in total. The number of carbonyl (C=O) groups is 2. The molecular weight excluding hydrogens is 432 g/mol. The topological polar surface area (TPSA) is 67.4 Å². The Morgan fingerprint density at radius 1 is 0.793 bits per heavy atom. The van der Waals surface area contributed by atoms with Gasteiger partial charge in [0.2, 0.25) is 5.91 Å². The number of aryl methyl sites for hydroxylation is 1. The zero-order valence-electron chi connectivity index (χ0n) is 15.7. The molecule has 0 aliphatic rings. The molecule has 6 heteroatoms. The summed E-state index contributed by atoms with van der Waals surface area (Å²) in [7, 11) is 0. The van der Waals surface area contributed by atoms with Crippen LogP contribution in [-0.4, -0.2) is 18.4 Å². The summed E-state index contributed by atoms with van der Waals surface area (Å²) in [6.45, 7) is -0.102. The molecule has 0 bridgehead atoms. The fourth-order valence-corrected chi connectivity index (χ4v) is 2.94. The Balaban J connectivity index is 1.47. The average molecular weight is 453 g/mol. The quantitative estimate of drug-likeness (QED) is 0.503. The van der Waals surface area contributed by atoms with Crippen molar-refractivity contribution >= 4 is 39.1 Å². The van der Waals surface area contributed by atoms with Crippen LogP contribution in [-0.2, 0) is 16.0 Å². The largest absolute Gasteiger partial charge is 0.484 e. The second-order valence-electron chi connectivity index (χ2n) is 6.41. The zero-order chi connectivity index (χ0) is 20.5. The van der Waals surface area contributed by atoms with Crippen molar-refractivity contribution < 1.29 is 14.3 Å². The molecule has 0 saturated carbocycles. The first kappa shape index (κ1) is 20.6. The van der Waals surface area contributed by atoms with Gasteiger partial charge in [0.15, 0.2) is 6.61 Å². The number of amides is 2. The molecule has 0 heterocycles. The highest BCUT2D eigenvalue weighted by Crippen LogP contribution is 2.17. The highest BCUT2D eigenvalue weighted by molar-refractivity contribution is 9.10. The summed E-state index contributed by atoms with van der Waals surface area (Å²) >= 11 is 3.35. The van der Waals surface area contributed by atoms with Crippen molar-refractivity contribution in [2.24, 2.45) is 0 Å². The molecule has 0 atom stereocenters. The lowest BCUT2D eigenvalue weighted by molar-refractivity contribution is -0.118. The van der Waals surface area contributed by atoms with Crippen LogP contribution in [0, 0.1) is 0 Å². The number of rotatable bonds is 8. The van der Waals surface area contributed by atoms with E-state index in [4.69, 9.17) is 4.74 Å². The number of carbonyl (C=O) groups excluding carboxylic acids is 2. The van der Waals surface area contributed by atoms with Crippen LogP contribution in [0.25, 0.3) is 0 Å². The molecule has 0 saturated heterocycles. The predicted molar refractivity (Wildman–Crippen MR) is 118 cm³/mol. The van der Waals surface area contributed by atoms with E-state index in [-0.39, 0.29) is 18.4 Å². The maximum Gasteiger partial charge on any atom is 0.262 e. The Morgan fingerprint density at radius 3 is 2.14 bits per heavy atom. The second-order valence-corrected chi connectivity index (χ2v) is 7.32. The molecule has 3 rings (SSSR count). The van der Waals surface area contributed by atoms with E-state index in [0.29, 0.717) is 30.0 Å². The number of ether oxygens (including phenoxy) is 1. The van der Waals surface area contributed by atoms with Crippen molar-refractivity contribution in [2.75, 3.05) is 17.2 Å². The third kappa shape index (κ3) is 7.08. The zero-order valence-corrected chi connectivity index (χ0v) is 17.3. The highest BCUT2D eigenvalue weighted by Gasteiger charge is 2.07. The predicted octanol–water partition coefficient (Wildman–Crippen LogP) is 5.04.